The van der Waals surface area contributed by atoms with Crippen molar-refractivity contribution < 1.29 is 14.3 Å². The third-order valence-electron chi connectivity index (χ3n) is 7.30. The highest BCUT2D eigenvalue weighted by molar-refractivity contribution is 6.32. The number of amides is 1. The average Bonchev–Trinajstić information content (AvgIpc) is 3.44. The maximum absolute atomic E-state index is 12.5. The smallest absolute Gasteiger partial charge is 0.262 e. The summed E-state index contributed by atoms with van der Waals surface area (Å²) in [6.07, 6.45) is 5.10. The lowest BCUT2D eigenvalue weighted by Gasteiger charge is -2.37. The molecule has 0 bridgehead atoms. The molecule has 196 valence electrons. The highest BCUT2D eigenvalue weighted by Crippen LogP contribution is 2.30. The normalized spacial score (nSPS) is 16.8. The third-order valence-corrected chi connectivity index (χ3v) is 7.60. The predicted molar refractivity (Wildman–Crippen MR) is 149 cm³/mol. The minimum atomic E-state index is -0.257. The molecule has 0 aliphatic carbocycles. The Morgan fingerprint density at radius 3 is 2.57 bits per heavy atom. The number of fused-ring (bicyclic) bond motifs is 1. The molecule has 8 heteroatoms. The van der Waals surface area contributed by atoms with Gasteiger partial charge in [0.15, 0.2) is 6.61 Å². The lowest BCUT2D eigenvalue weighted by molar-refractivity contribution is -0.118. The van der Waals surface area contributed by atoms with Crippen LogP contribution in [0.5, 0.6) is 11.5 Å². The summed E-state index contributed by atoms with van der Waals surface area (Å²) < 4.78 is 11.0. The van der Waals surface area contributed by atoms with Gasteiger partial charge in [0.1, 0.15) is 17.3 Å². The number of hydrogen-bond acceptors (Lipinski definition) is 6. The summed E-state index contributed by atoms with van der Waals surface area (Å²) in [5, 5.41) is 4.35. The highest BCUT2D eigenvalue weighted by Gasteiger charge is 2.27. The molecule has 0 saturated carbocycles. The number of aromatic nitrogens is 1. The second-order valence-electron chi connectivity index (χ2n) is 9.85. The van der Waals surface area contributed by atoms with E-state index in [1.165, 1.54) is 38.8 Å². The molecule has 5 rings (SSSR count). The van der Waals surface area contributed by atoms with Crippen LogP contribution >= 0.6 is 11.6 Å². The van der Waals surface area contributed by atoms with Gasteiger partial charge in [-0.05, 0) is 94.6 Å². The van der Waals surface area contributed by atoms with E-state index in [1.54, 1.807) is 18.2 Å². The maximum atomic E-state index is 12.5. The molecule has 7 nitrogen and oxygen atoms in total. The van der Waals surface area contributed by atoms with Crippen LogP contribution in [0, 0.1) is 6.92 Å². The van der Waals surface area contributed by atoms with Gasteiger partial charge in [-0.1, -0.05) is 11.6 Å². The van der Waals surface area contributed by atoms with Crippen molar-refractivity contribution in [2.75, 3.05) is 49.6 Å². The summed E-state index contributed by atoms with van der Waals surface area (Å²) >= 11 is 6.25. The standard InChI is InChI=1S/C29H35ClN4O3/c1-3-36-23-7-9-27(25(30)18-23)37-19-29(35)31-21-6-8-26-24(17-21)20(2)16-28(32-26)34-14-10-22(11-15-34)33-12-4-5-13-33/h6-9,16-18,22H,3-5,10-15,19H2,1-2H3,(H,31,35). The van der Waals surface area contributed by atoms with Crippen molar-refractivity contribution in [3.05, 3.63) is 53.1 Å². The molecule has 2 aliphatic rings. The first kappa shape index (κ1) is 25.6. The van der Waals surface area contributed by atoms with Crippen LogP contribution in [0.2, 0.25) is 5.02 Å². The van der Waals surface area contributed by atoms with Gasteiger partial charge < -0.3 is 24.6 Å². The van der Waals surface area contributed by atoms with Crippen molar-refractivity contribution in [2.45, 2.75) is 45.6 Å². The number of carbonyl (C=O) groups excluding carboxylic acids is 1. The van der Waals surface area contributed by atoms with E-state index in [9.17, 15) is 4.79 Å². The number of likely N-dealkylation sites (tertiary alicyclic amines) is 1. The molecule has 0 radical (unpaired) electrons. The molecule has 3 aromatic rings. The maximum Gasteiger partial charge on any atom is 0.262 e. The topological polar surface area (TPSA) is 66.9 Å². The van der Waals surface area contributed by atoms with Gasteiger partial charge in [-0.25, -0.2) is 4.98 Å². The summed E-state index contributed by atoms with van der Waals surface area (Å²) in [4.78, 5) is 22.6. The van der Waals surface area contributed by atoms with Crippen LogP contribution < -0.4 is 19.7 Å². The molecular weight excluding hydrogens is 488 g/mol. The fourth-order valence-electron chi connectivity index (χ4n) is 5.38. The first-order valence-corrected chi connectivity index (χ1v) is 13.6. The molecule has 37 heavy (non-hydrogen) atoms. The van der Waals surface area contributed by atoms with Crippen LogP contribution in [0.4, 0.5) is 11.5 Å². The van der Waals surface area contributed by atoms with E-state index in [0.717, 1.165) is 41.4 Å². The highest BCUT2D eigenvalue weighted by atomic mass is 35.5. The molecule has 1 aromatic heterocycles. The zero-order chi connectivity index (χ0) is 25.8. The number of ether oxygens (including phenoxy) is 2. The van der Waals surface area contributed by atoms with Crippen LogP contribution in [0.15, 0.2) is 42.5 Å². The molecule has 2 aromatic carbocycles. The number of benzene rings is 2. The van der Waals surface area contributed by atoms with Crippen LogP contribution in [0.25, 0.3) is 10.9 Å². The second kappa shape index (κ2) is 11.6. The van der Waals surface area contributed by atoms with E-state index in [1.807, 2.05) is 25.1 Å². The van der Waals surface area contributed by atoms with Gasteiger partial charge in [0, 0.05) is 36.3 Å². The van der Waals surface area contributed by atoms with E-state index in [-0.39, 0.29) is 12.5 Å². The van der Waals surface area contributed by atoms with Crippen molar-refractivity contribution in [1.82, 2.24) is 9.88 Å². The number of piperidine rings is 1. The van der Waals surface area contributed by atoms with Gasteiger partial charge in [0.25, 0.3) is 5.91 Å². The number of pyridine rings is 1. The van der Waals surface area contributed by atoms with Crippen molar-refractivity contribution >= 4 is 39.9 Å². The summed E-state index contributed by atoms with van der Waals surface area (Å²) in [5.74, 6) is 1.89. The number of nitrogens with zero attached hydrogens (tertiary/aromatic N) is 3. The predicted octanol–water partition coefficient (Wildman–Crippen LogP) is 5.68. The van der Waals surface area contributed by atoms with E-state index in [0.29, 0.717) is 28.8 Å². The minimum absolute atomic E-state index is 0.144. The number of aryl methyl sites for hydroxylation is 1. The molecule has 0 unspecified atom stereocenters. The van der Waals surface area contributed by atoms with Crippen molar-refractivity contribution in [3.63, 3.8) is 0 Å². The summed E-state index contributed by atoms with van der Waals surface area (Å²) in [5.41, 5.74) is 2.80. The minimum Gasteiger partial charge on any atom is -0.494 e. The fraction of sp³-hybridized carbons (Fsp3) is 0.448. The SMILES string of the molecule is CCOc1ccc(OCC(=O)Nc2ccc3nc(N4CCC(N5CCCC5)CC4)cc(C)c3c2)c(Cl)c1. The Kier molecular flexibility index (Phi) is 8.01. The summed E-state index contributed by atoms with van der Waals surface area (Å²) in [7, 11) is 0. The van der Waals surface area contributed by atoms with Gasteiger partial charge >= 0.3 is 0 Å². The number of anilines is 2. The molecule has 2 saturated heterocycles. The molecular formula is C29H35ClN4O3. The molecule has 1 N–H and O–H groups in total. The van der Waals surface area contributed by atoms with E-state index in [4.69, 9.17) is 26.1 Å². The fourth-order valence-corrected chi connectivity index (χ4v) is 5.60. The first-order chi connectivity index (χ1) is 18.0. The van der Waals surface area contributed by atoms with Crippen molar-refractivity contribution in [2.24, 2.45) is 0 Å². The third kappa shape index (κ3) is 6.11. The number of hydrogen-bond donors (Lipinski definition) is 1. The van der Waals surface area contributed by atoms with Crippen LogP contribution in [0.3, 0.4) is 0 Å². The van der Waals surface area contributed by atoms with Crippen LogP contribution in [-0.4, -0.2) is 61.2 Å². The van der Waals surface area contributed by atoms with E-state index in [2.05, 4.69) is 28.1 Å². The van der Waals surface area contributed by atoms with Gasteiger partial charge in [-0.3, -0.25) is 4.79 Å². The number of nitrogens with one attached hydrogen (secondary N) is 1. The molecule has 2 fully saturated rings. The number of carbonyl (C=O) groups is 1. The van der Waals surface area contributed by atoms with E-state index < -0.39 is 0 Å². The van der Waals surface area contributed by atoms with Crippen LogP contribution in [0.1, 0.15) is 38.2 Å². The monoisotopic (exact) mass is 522 g/mol. The Balaban J connectivity index is 1.19. The zero-order valence-electron chi connectivity index (χ0n) is 21.6. The first-order valence-electron chi connectivity index (χ1n) is 13.3. The quantitative estimate of drug-likeness (QED) is 0.410. The molecule has 1 amide bonds. The molecule has 0 spiro atoms. The molecule has 2 aliphatic heterocycles. The summed E-state index contributed by atoms with van der Waals surface area (Å²) in [6.45, 7) is 9.04. The Labute approximate surface area is 223 Å². The van der Waals surface area contributed by atoms with Gasteiger partial charge in [0.2, 0.25) is 0 Å². The Morgan fingerprint density at radius 2 is 1.84 bits per heavy atom. The molecule has 3 heterocycles. The van der Waals surface area contributed by atoms with Crippen LogP contribution in [-0.2, 0) is 4.79 Å². The van der Waals surface area contributed by atoms with E-state index >= 15 is 0 Å². The van der Waals surface area contributed by atoms with Crippen molar-refractivity contribution in [1.29, 1.82) is 0 Å². The molecule has 0 atom stereocenters. The Bertz CT molecular complexity index is 1250. The number of rotatable bonds is 8. The van der Waals surface area contributed by atoms with Gasteiger partial charge in [-0.2, -0.15) is 0 Å². The number of halogens is 1. The Morgan fingerprint density at radius 1 is 1.05 bits per heavy atom. The lowest BCUT2D eigenvalue weighted by Crippen LogP contribution is -2.44. The Hall–Kier alpha value is -3.03. The van der Waals surface area contributed by atoms with Gasteiger partial charge in [-0.15, -0.1) is 0 Å². The van der Waals surface area contributed by atoms with Gasteiger partial charge in [0.05, 0.1) is 17.1 Å². The largest absolute Gasteiger partial charge is 0.494 e. The summed E-state index contributed by atoms with van der Waals surface area (Å²) in [6, 6.07) is 13.9. The lowest BCUT2D eigenvalue weighted by atomic mass is 10.0. The van der Waals surface area contributed by atoms with Crippen molar-refractivity contribution in [3.8, 4) is 11.5 Å². The second-order valence-corrected chi connectivity index (χ2v) is 10.3. The zero-order valence-corrected chi connectivity index (χ0v) is 22.4. The average molecular weight is 523 g/mol.